The first-order chi connectivity index (χ1) is 15.5. The predicted molar refractivity (Wildman–Crippen MR) is 117 cm³/mol. The molecule has 0 N–H and O–H groups in total. The van der Waals surface area contributed by atoms with Crippen molar-refractivity contribution in [2.75, 3.05) is 0 Å². The first kappa shape index (κ1) is 19.4. The molecule has 0 radical (unpaired) electrons. The lowest BCUT2D eigenvalue weighted by molar-refractivity contribution is -0.256. The molecule has 32 heavy (non-hydrogen) atoms. The third-order valence-corrected chi connectivity index (χ3v) is 5.41. The standard InChI is InChI=1S/C26H16N2O4/c29-25(30)17-5-1-15(2-6-17)21-11-19-9-10-20-12-22(14-28-24(20)23(19)27-13-21)16-3-7-18(8-4-16)26(31)32/h1-14H,(H,29,30)(H,31,32)/p-2. The van der Waals surface area contributed by atoms with E-state index in [1.165, 1.54) is 24.3 Å². The Kier molecular flexibility index (Phi) is 4.60. The molecule has 0 unspecified atom stereocenters. The Hall–Kier alpha value is -4.58. The average Bonchev–Trinajstić information content (AvgIpc) is 2.83. The van der Waals surface area contributed by atoms with E-state index in [0.717, 1.165) is 44.1 Å². The molecule has 0 fully saturated rings. The third kappa shape index (κ3) is 3.44. The minimum atomic E-state index is -1.21. The van der Waals surface area contributed by atoms with E-state index in [0.29, 0.717) is 0 Å². The maximum atomic E-state index is 10.9. The highest BCUT2D eigenvalue weighted by molar-refractivity contribution is 6.04. The summed E-state index contributed by atoms with van der Waals surface area (Å²) >= 11 is 0. The van der Waals surface area contributed by atoms with Crippen molar-refractivity contribution in [3.8, 4) is 22.3 Å². The molecule has 5 rings (SSSR count). The molecule has 0 atom stereocenters. The Morgan fingerprint density at radius 2 is 0.906 bits per heavy atom. The van der Waals surface area contributed by atoms with Gasteiger partial charge in [0.05, 0.1) is 23.0 Å². The van der Waals surface area contributed by atoms with Gasteiger partial charge in [-0.3, -0.25) is 9.97 Å². The van der Waals surface area contributed by atoms with Crippen LogP contribution in [0.15, 0.2) is 85.2 Å². The molecule has 3 aromatic carbocycles. The Morgan fingerprint density at radius 3 is 1.25 bits per heavy atom. The lowest BCUT2D eigenvalue weighted by Crippen LogP contribution is -2.21. The van der Waals surface area contributed by atoms with Crippen LogP contribution in [-0.4, -0.2) is 21.9 Å². The second kappa shape index (κ2) is 7.59. The first-order valence-electron chi connectivity index (χ1n) is 9.82. The molecule has 0 saturated heterocycles. The number of fused-ring (bicyclic) bond motifs is 3. The number of nitrogens with zero attached hydrogens (tertiary/aromatic N) is 2. The van der Waals surface area contributed by atoms with Gasteiger partial charge in [0.2, 0.25) is 0 Å². The van der Waals surface area contributed by atoms with Gasteiger partial charge in [-0.2, -0.15) is 0 Å². The van der Waals surface area contributed by atoms with Crippen LogP contribution in [0, 0.1) is 0 Å². The van der Waals surface area contributed by atoms with Crippen molar-refractivity contribution in [1.82, 2.24) is 9.97 Å². The van der Waals surface area contributed by atoms with Crippen molar-refractivity contribution in [3.05, 3.63) is 96.3 Å². The number of carboxylic acid groups (broad SMARTS) is 2. The molecule has 2 heterocycles. The number of hydrogen-bond acceptors (Lipinski definition) is 6. The van der Waals surface area contributed by atoms with Crippen LogP contribution in [0.25, 0.3) is 44.1 Å². The van der Waals surface area contributed by atoms with Crippen molar-refractivity contribution < 1.29 is 19.8 Å². The molecule has 6 heteroatoms. The van der Waals surface area contributed by atoms with Crippen molar-refractivity contribution in [1.29, 1.82) is 0 Å². The van der Waals surface area contributed by atoms with Gasteiger partial charge >= 0.3 is 0 Å². The van der Waals surface area contributed by atoms with Crippen LogP contribution in [-0.2, 0) is 0 Å². The third-order valence-electron chi connectivity index (χ3n) is 5.41. The van der Waals surface area contributed by atoms with Crippen LogP contribution in [0.5, 0.6) is 0 Å². The molecule has 0 aliphatic carbocycles. The molecule has 0 amide bonds. The summed E-state index contributed by atoms with van der Waals surface area (Å²) in [5.74, 6) is -2.42. The summed E-state index contributed by atoms with van der Waals surface area (Å²) in [6.07, 6.45) is 3.48. The molecular formula is C26H14N2O4-2. The molecule has 0 aliphatic heterocycles. The number of pyridine rings is 2. The van der Waals surface area contributed by atoms with Crippen LogP contribution in [0.4, 0.5) is 0 Å². The molecule has 0 saturated carbocycles. The summed E-state index contributed by atoms with van der Waals surface area (Å²) in [7, 11) is 0. The zero-order valence-electron chi connectivity index (χ0n) is 16.6. The quantitative estimate of drug-likeness (QED) is 0.416. The number of aromatic nitrogens is 2. The SMILES string of the molecule is O=C([O-])c1ccc(-c2cnc3c(ccc4cc(-c5ccc(C(=O)[O-])cc5)cnc43)c2)cc1. The van der Waals surface area contributed by atoms with Gasteiger partial charge in [-0.25, -0.2) is 0 Å². The van der Waals surface area contributed by atoms with E-state index >= 15 is 0 Å². The highest BCUT2D eigenvalue weighted by atomic mass is 16.4. The number of carbonyl (C=O) groups is 2. The van der Waals surface area contributed by atoms with Crippen LogP contribution in [0.3, 0.4) is 0 Å². The van der Waals surface area contributed by atoms with E-state index in [-0.39, 0.29) is 11.1 Å². The maximum absolute atomic E-state index is 10.9. The summed E-state index contributed by atoms with van der Waals surface area (Å²) in [4.78, 5) is 31.1. The Labute approximate surface area is 182 Å². The van der Waals surface area contributed by atoms with E-state index in [4.69, 9.17) is 0 Å². The van der Waals surface area contributed by atoms with Crippen molar-refractivity contribution >= 4 is 33.7 Å². The monoisotopic (exact) mass is 418 g/mol. The Bertz CT molecular complexity index is 1390. The largest absolute Gasteiger partial charge is 0.545 e. The fraction of sp³-hybridized carbons (Fsp3) is 0. The number of hydrogen-bond donors (Lipinski definition) is 0. The molecule has 154 valence electrons. The molecule has 2 aromatic heterocycles. The summed E-state index contributed by atoms with van der Waals surface area (Å²) < 4.78 is 0. The minimum absolute atomic E-state index is 0.128. The predicted octanol–water partition coefficient (Wildman–Crippen LogP) is 2.84. The molecule has 5 aromatic rings. The van der Waals surface area contributed by atoms with Crippen molar-refractivity contribution in [3.63, 3.8) is 0 Å². The van der Waals surface area contributed by atoms with Gasteiger partial charge in [-0.1, -0.05) is 60.7 Å². The zero-order chi connectivity index (χ0) is 22.2. The summed E-state index contributed by atoms with van der Waals surface area (Å²) in [5.41, 5.74) is 5.22. The molecule has 0 spiro atoms. The van der Waals surface area contributed by atoms with E-state index in [1.54, 1.807) is 36.7 Å². The van der Waals surface area contributed by atoms with E-state index in [9.17, 15) is 19.8 Å². The topological polar surface area (TPSA) is 106 Å². The van der Waals surface area contributed by atoms with Gasteiger partial charge in [-0.05, 0) is 34.4 Å². The summed E-state index contributed by atoms with van der Waals surface area (Å²) in [6, 6.07) is 20.9. The fourth-order valence-electron chi connectivity index (χ4n) is 3.71. The second-order valence-electron chi connectivity index (χ2n) is 7.39. The molecule has 6 nitrogen and oxygen atoms in total. The van der Waals surface area contributed by atoms with Gasteiger partial charge in [0, 0.05) is 34.3 Å². The van der Waals surface area contributed by atoms with Gasteiger partial charge in [-0.15, -0.1) is 0 Å². The highest BCUT2D eigenvalue weighted by Gasteiger charge is 2.08. The van der Waals surface area contributed by atoms with Crippen LogP contribution < -0.4 is 10.2 Å². The lowest BCUT2D eigenvalue weighted by Gasteiger charge is -2.09. The molecular weight excluding hydrogens is 404 g/mol. The van der Waals surface area contributed by atoms with Gasteiger partial charge in [0.15, 0.2) is 0 Å². The molecule has 0 bridgehead atoms. The number of aromatic carboxylic acids is 2. The minimum Gasteiger partial charge on any atom is -0.545 e. The zero-order valence-corrected chi connectivity index (χ0v) is 16.6. The summed E-state index contributed by atoms with van der Waals surface area (Å²) in [5, 5.41) is 23.7. The van der Waals surface area contributed by atoms with E-state index in [1.807, 2.05) is 24.3 Å². The second-order valence-corrected chi connectivity index (χ2v) is 7.39. The van der Waals surface area contributed by atoms with Gasteiger partial charge < -0.3 is 19.8 Å². The van der Waals surface area contributed by atoms with Gasteiger partial charge in [0.25, 0.3) is 0 Å². The van der Waals surface area contributed by atoms with Crippen molar-refractivity contribution in [2.45, 2.75) is 0 Å². The Balaban J connectivity index is 1.53. The lowest BCUT2D eigenvalue weighted by atomic mass is 10.0. The van der Waals surface area contributed by atoms with Crippen LogP contribution in [0.1, 0.15) is 20.7 Å². The first-order valence-corrected chi connectivity index (χ1v) is 9.82. The smallest absolute Gasteiger partial charge is 0.0965 e. The summed E-state index contributed by atoms with van der Waals surface area (Å²) in [6.45, 7) is 0. The highest BCUT2D eigenvalue weighted by Crippen LogP contribution is 2.29. The Morgan fingerprint density at radius 1 is 0.531 bits per heavy atom. The van der Waals surface area contributed by atoms with Crippen molar-refractivity contribution in [2.24, 2.45) is 0 Å². The van der Waals surface area contributed by atoms with E-state index in [2.05, 4.69) is 9.97 Å². The van der Waals surface area contributed by atoms with Crippen LogP contribution >= 0.6 is 0 Å². The normalized spacial score (nSPS) is 11.0. The fourth-order valence-corrected chi connectivity index (χ4v) is 3.71. The van der Waals surface area contributed by atoms with E-state index < -0.39 is 11.9 Å². The maximum Gasteiger partial charge on any atom is 0.0965 e. The van der Waals surface area contributed by atoms with Gasteiger partial charge in [0.1, 0.15) is 0 Å². The average molecular weight is 418 g/mol. The number of carbonyl (C=O) groups excluding carboxylic acids is 2. The molecule has 0 aliphatic rings. The van der Waals surface area contributed by atoms with Crippen LogP contribution in [0.2, 0.25) is 0 Å². The number of rotatable bonds is 4. The number of benzene rings is 3. The number of carboxylic acids is 2.